The molecule has 1 aliphatic carbocycles. The van der Waals surface area contributed by atoms with Crippen LogP contribution in [0.3, 0.4) is 0 Å². The van der Waals surface area contributed by atoms with E-state index < -0.39 is 72.0 Å². The maximum absolute atomic E-state index is 16.1. The van der Waals surface area contributed by atoms with Crippen LogP contribution in [0.25, 0.3) is 16.7 Å². The van der Waals surface area contributed by atoms with Crippen LogP contribution in [-0.4, -0.2) is 117 Å². The Morgan fingerprint density at radius 3 is 1.92 bits per heavy atom. The lowest BCUT2D eigenvalue weighted by Gasteiger charge is -2.32. The predicted octanol–water partition coefficient (Wildman–Crippen LogP) is 4.11. The van der Waals surface area contributed by atoms with Crippen molar-refractivity contribution < 1.29 is 57.1 Å². The highest BCUT2D eigenvalue weighted by atomic mass is 35.5. The number of benzene rings is 3. The van der Waals surface area contributed by atoms with E-state index >= 15 is 8.78 Å². The van der Waals surface area contributed by atoms with Gasteiger partial charge in [0.1, 0.15) is 35.2 Å². The summed E-state index contributed by atoms with van der Waals surface area (Å²) < 4.78 is 53.5. The molecule has 2 heterocycles. The Hall–Kier alpha value is -5.10. The number of anilines is 2. The first-order chi connectivity index (χ1) is 28.9. The van der Waals surface area contributed by atoms with E-state index in [4.69, 9.17) is 42.1 Å². The number of fused-ring (bicyclic) bond motifs is 2. The molecular formula is C42H44Cl2F2N4O10. The number of rotatable bonds is 17. The van der Waals surface area contributed by atoms with Gasteiger partial charge in [-0.1, -0.05) is 48.0 Å². The maximum Gasteiger partial charge on any atom is 0.325 e. The Morgan fingerprint density at radius 1 is 0.833 bits per heavy atom. The van der Waals surface area contributed by atoms with Gasteiger partial charge in [-0.05, 0) is 37.1 Å². The number of esters is 2. The zero-order valence-corrected chi connectivity index (χ0v) is 34.2. The van der Waals surface area contributed by atoms with Gasteiger partial charge in [-0.15, -0.1) is 11.6 Å². The van der Waals surface area contributed by atoms with Gasteiger partial charge in [-0.25, -0.2) is 8.78 Å². The average molecular weight is 874 g/mol. The van der Waals surface area contributed by atoms with E-state index in [0.29, 0.717) is 16.7 Å². The van der Waals surface area contributed by atoms with Crippen molar-refractivity contribution in [3.8, 4) is 22.6 Å². The highest BCUT2D eigenvalue weighted by Gasteiger charge is 2.34. The predicted molar refractivity (Wildman–Crippen MR) is 219 cm³/mol. The van der Waals surface area contributed by atoms with Gasteiger partial charge in [-0.2, -0.15) is 0 Å². The lowest BCUT2D eigenvalue weighted by molar-refractivity contribution is -0.147. The number of carbonyl (C=O) groups excluding carboxylic acids is 4. The fourth-order valence-corrected chi connectivity index (χ4v) is 7.91. The molecular weight excluding hydrogens is 829 g/mol. The fourth-order valence-electron chi connectivity index (χ4n) is 7.17. The fraction of sp³-hybridized carbons (Fsp3) is 0.381. The Bertz CT molecular complexity index is 2190. The number of carbonyl (C=O) groups is 4. The Labute approximate surface area is 354 Å². The Morgan fingerprint density at radius 2 is 1.37 bits per heavy atom. The van der Waals surface area contributed by atoms with E-state index in [1.807, 2.05) is 0 Å². The number of alkyl halides is 1. The van der Waals surface area contributed by atoms with Crippen LogP contribution in [0.2, 0.25) is 5.02 Å². The van der Waals surface area contributed by atoms with Crippen LogP contribution in [0.1, 0.15) is 30.9 Å². The molecule has 2 unspecified atom stereocenters. The molecule has 6 rings (SSSR count). The molecule has 0 spiro atoms. The second kappa shape index (κ2) is 20.0. The first-order valence-corrected chi connectivity index (χ1v) is 20.1. The van der Waals surface area contributed by atoms with Crippen molar-refractivity contribution in [2.24, 2.45) is 0 Å². The van der Waals surface area contributed by atoms with Gasteiger partial charge in [0.25, 0.3) is 11.8 Å². The summed E-state index contributed by atoms with van der Waals surface area (Å²) in [6.45, 7) is 2.15. The molecule has 60 heavy (non-hydrogen) atoms. The minimum atomic E-state index is -0.997. The number of halogens is 4. The molecule has 14 nitrogen and oxygen atoms in total. The van der Waals surface area contributed by atoms with E-state index in [1.165, 1.54) is 34.1 Å². The van der Waals surface area contributed by atoms with Gasteiger partial charge in [0.05, 0.1) is 48.2 Å². The van der Waals surface area contributed by atoms with Gasteiger partial charge in [0.15, 0.2) is 13.2 Å². The van der Waals surface area contributed by atoms with Crippen molar-refractivity contribution in [3.05, 3.63) is 88.5 Å². The smallest absolute Gasteiger partial charge is 0.325 e. The van der Waals surface area contributed by atoms with E-state index in [2.05, 4.69) is 10.6 Å². The number of hydrogen-bond donors (Lipinski definition) is 4. The molecule has 2 amide bonds. The SMILES string of the molecule is CCOC(=O)[C@H](CO)NCCN1C(=O)COc2cc(-c3cccc(C4=CC=CC(c5cc6c(cc5F)N(CCN[C@@H](CO)C(=O)OCC)C(=O)CO6)C4Cl)c3Cl)c(F)cc21. The molecule has 3 aromatic carbocycles. The van der Waals surface area contributed by atoms with Crippen LogP contribution in [0.4, 0.5) is 20.2 Å². The minimum Gasteiger partial charge on any atom is -0.482 e. The summed E-state index contributed by atoms with van der Waals surface area (Å²) in [7, 11) is 0. The number of nitrogens with zero attached hydrogens (tertiary/aromatic N) is 2. The molecule has 0 fully saturated rings. The van der Waals surface area contributed by atoms with Crippen molar-refractivity contribution in [3.63, 3.8) is 0 Å². The van der Waals surface area contributed by atoms with Crippen LogP contribution < -0.4 is 29.9 Å². The summed E-state index contributed by atoms with van der Waals surface area (Å²) in [5.41, 5.74) is 1.94. The molecule has 0 radical (unpaired) electrons. The first kappa shape index (κ1) is 44.5. The number of nitrogens with one attached hydrogen (secondary N) is 2. The molecule has 320 valence electrons. The van der Waals surface area contributed by atoms with Crippen LogP contribution in [0, 0.1) is 11.6 Å². The first-order valence-electron chi connectivity index (χ1n) is 19.3. The van der Waals surface area contributed by atoms with E-state index in [1.54, 1.807) is 50.3 Å². The van der Waals surface area contributed by atoms with E-state index in [9.17, 15) is 29.4 Å². The van der Waals surface area contributed by atoms with Crippen LogP contribution in [-0.2, 0) is 28.7 Å². The van der Waals surface area contributed by atoms with E-state index in [0.717, 1.165) is 0 Å². The monoisotopic (exact) mass is 872 g/mol. The summed E-state index contributed by atoms with van der Waals surface area (Å²) in [6, 6.07) is 8.34. The van der Waals surface area contributed by atoms with Crippen molar-refractivity contribution in [2.75, 3.05) is 75.6 Å². The second-order valence-corrected chi connectivity index (χ2v) is 14.6. The van der Waals surface area contributed by atoms with Crippen molar-refractivity contribution in [2.45, 2.75) is 37.2 Å². The lowest BCUT2D eigenvalue weighted by Crippen LogP contribution is -2.47. The third kappa shape index (κ3) is 9.43. The number of allylic oxidation sites excluding steroid dienone is 4. The summed E-state index contributed by atoms with van der Waals surface area (Å²) in [5, 5.41) is 24.2. The van der Waals surface area contributed by atoms with Gasteiger partial charge in [-0.3, -0.25) is 19.2 Å². The standard InChI is InChI=1S/C42H44Cl2F2N4O10/c1-3-57-41(55)31(19-51)47-11-13-49-33-17-29(45)27(15-35(33)59-21-37(49)53)25-9-5-7-23(39(25)43)24-8-6-10-26(40(24)44)28-16-36-34(18-30(28)46)50(38(54)22-60-36)14-12-48-32(20-52)42(56)58-4-2/h5-10,15-18,25,31-32,39,47-48,51-52H,3-4,11-14,19-22H2,1-2H3/t25?,31-,32-,39?/m0/s1. The molecule has 4 atom stereocenters. The van der Waals surface area contributed by atoms with Gasteiger partial charge >= 0.3 is 11.9 Å². The number of aliphatic hydroxyl groups excluding tert-OH is 2. The largest absolute Gasteiger partial charge is 0.482 e. The summed E-state index contributed by atoms with van der Waals surface area (Å²) in [6.07, 6.45) is 5.18. The summed E-state index contributed by atoms with van der Waals surface area (Å²) in [5.74, 6) is -3.74. The van der Waals surface area contributed by atoms with Crippen LogP contribution in [0.15, 0.2) is 60.7 Å². The topological polar surface area (TPSA) is 176 Å². The number of ether oxygens (including phenoxy) is 4. The normalized spacial score (nSPS) is 18.2. The summed E-state index contributed by atoms with van der Waals surface area (Å²) in [4.78, 5) is 52.5. The second-order valence-electron chi connectivity index (χ2n) is 13.8. The van der Waals surface area contributed by atoms with Gasteiger partial charge in [0.2, 0.25) is 0 Å². The zero-order chi connectivity index (χ0) is 43.1. The Kier molecular flexibility index (Phi) is 14.8. The molecule has 3 aromatic rings. The molecule has 0 bridgehead atoms. The zero-order valence-electron chi connectivity index (χ0n) is 32.7. The van der Waals surface area contributed by atoms with E-state index in [-0.39, 0.29) is 91.6 Å². The molecule has 0 saturated carbocycles. The maximum atomic E-state index is 16.1. The van der Waals surface area contributed by atoms with Crippen LogP contribution >= 0.6 is 23.2 Å². The molecule has 4 N–H and O–H groups in total. The molecule has 0 saturated heterocycles. The van der Waals surface area contributed by atoms with Crippen LogP contribution in [0.5, 0.6) is 11.5 Å². The lowest BCUT2D eigenvalue weighted by atomic mass is 9.83. The number of amides is 2. The molecule has 3 aliphatic rings. The van der Waals surface area contributed by atoms with Gasteiger partial charge in [0, 0.05) is 60.9 Å². The number of aliphatic hydroxyl groups is 2. The quantitative estimate of drug-likeness (QED) is 0.113. The van der Waals surface area contributed by atoms with Crippen molar-refractivity contribution in [1.82, 2.24) is 10.6 Å². The highest BCUT2D eigenvalue weighted by molar-refractivity contribution is 6.36. The Balaban J connectivity index is 1.20. The molecule has 2 aliphatic heterocycles. The van der Waals surface area contributed by atoms with Crippen molar-refractivity contribution in [1.29, 1.82) is 0 Å². The van der Waals surface area contributed by atoms with Crippen molar-refractivity contribution >= 4 is 63.9 Å². The minimum absolute atomic E-state index is 0.0369. The third-order valence-corrected chi connectivity index (χ3v) is 11.1. The van der Waals surface area contributed by atoms with Gasteiger partial charge < -0.3 is 49.6 Å². The summed E-state index contributed by atoms with van der Waals surface area (Å²) >= 11 is 14.1. The molecule has 0 aromatic heterocycles. The number of hydrogen-bond acceptors (Lipinski definition) is 12. The third-order valence-electron chi connectivity index (χ3n) is 10.1. The highest BCUT2D eigenvalue weighted by Crippen LogP contribution is 2.46. The molecule has 18 heteroatoms. The average Bonchev–Trinajstić information content (AvgIpc) is 3.23.